The largest absolute Gasteiger partial charge is 0.293 e. The zero-order chi connectivity index (χ0) is 22.5. The minimum atomic E-state index is -0.404. The molecule has 0 atom stereocenters. The number of nitrogens with zero attached hydrogens (tertiary/aromatic N) is 2. The Morgan fingerprint density at radius 2 is 1.62 bits per heavy atom. The highest BCUT2D eigenvalue weighted by Gasteiger charge is 2.16. The molecule has 6 nitrogen and oxygen atoms in total. The predicted octanol–water partition coefficient (Wildman–Crippen LogP) is 4.34. The van der Waals surface area contributed by atoms with E-state index in [0.29, 0.717) is 21.5 Å². The quantitative estimate of drug-likeness (QED) is 0.250. The molecule has 1 heterocycles. The number of rotatable bonds is 7. The summed E-state index contributed by atoms with van der Waals surface area (Å²) >= 11 is 6.97. The molecule has 1 aromatic heterocycles. The number of halogens is 1. The lowest BCUT2D eigenvalue weighted by molar-refractivity contribution is -0.116. The van der Waals surface area contributed by atoms with Crippen LogP contribution in [-0.4, -0.2) is 27.1 Å². The van der Waals surface area contributed by atoms with E-state index in [9.17, 15) is 14.4 Å². The summed E-state index contributed by atoms with van der Waals surface area (Å²) in [4.78, 5) is 42.8. The van der Waals surface area contributed by atoms with Crippen molar-refractivity contribution in [1.29, 1.82) is 0 Å². The maximum Gasteiger partial charge on any atom is 0.281 e. The molecule has 3 aromatic carbocycles. The summed E-state index contributed by atoms with van der Waals surface area (Å²) in [5, 5.41) is 1.15. The molecule has 0 aliphatic rings. The summed E-state index contributed by atoms with van der Waals surface area (Å²) in [6.07, 6.45) is 0.105. The van der Waals surface area contributed by atoms with Gasteiger partial charge in [0.1, 0.15) is 0 Å². The van der Waals surface area contributed by atoms with E-state index in [-0.39, 0.29) is 29.0 Å². The zero-order valence-corrected chi connectivity index (χ0v) is 18.4. The lowest BCUT2D eigenvalue weighted by atomic mass is 10.1. The van der Waals surface area contributed by atoms with Crippen LogP contribution in [0.4, 0.5) is 0 Å². The van der Waals surface area contributed by atoms with Crippen molar-refractivity contribution in [3.8, 4) is 0 Å². The van der Waals surface area contributed by atoms with Crippen molar-refractivity contribution >= 4 is 46.0 Å². The number of para-hydroxylation sites is 1. The maximum atomic E-state index is 13.1. The van der Waals surface area contributed by atoms with Gasteiger partial charge in [0.05, 0.1) is 23.1 Å². The zero-order valence-electron chi connectivity index (χ0n) is 16.8. The van der Waals surface area contributed by atoms with E-state index in [1.165, 1.54) is 0 Å². The number of carbonyl (C=O) groups excluding carboxylic acids is 2. The normalized spacial score (nSPS) is 10.8. The summed E-state index contributed by atoms with van der Waals surface area (Å²) in [7, 11) is 0. The Kier molecular flexibility index (Phi) is 6.68. The van der Waals surface area contributed by atoms with Gasteiger partial charge in [0.15, 0.2) is 10.9 Å². The summed E-state index contributed by atoms with van der Waals surface area (Å²) in [5.41, 5.74) is 4.06. The average molecular weight is 464 g/mol. The number of carbonyl (C=O) groups is 2. The van der Waals surface area contributed by atoms with E-state index < -0.39 is 5.56 Å². The molecule has 4 rings (SSSR count). The van der Waals surface area contributed by atoms with Gasteiger partial charge in [-0.1, -0.05) is 65.8 Å². The van der Waals surface area contributed by atoms with Crippen LogP contribution in [0.25, 0.3) is 10.9 Å². The number of Topliss-reactive ketones (excluding diaryl/α,β-unsaturated/α-hetero) is 1. The minimum Gasteiger partial charge on any atom is -0.293 e. The van der Waals surface area contributed by atoms with E-state index in [1.807, 2.05) is 30.3 Å². The van der Waals surface area contributed by atoms with Crippen molar-refractivity contribution in [2.24, 2.45) is 0 Å². The molecule has 1 N–H and O–H groups in total. The molecule has 0 unspecified atom stereocenters. The molecule has 8 heteroatoms. The number of hydrogen-bond donors (Lipinski definition) is 1. The lowest BCUT2D eigenvalue weighted by Gasteiger charge is -2.14. The van der Waals surface area contributed by atoms with E-state index in [0.717, 1.165) is 22.0 Å². The fourth-order valence-corrected chi connectivity index (χ4v) is 4.08. The van der Waals surface area contributed by atoms with Crippen LogP contribution in [0.1, 0.15) is 15.9 Å². The monoisotopic (exact) mass is 463 g/mol. The van der Waals surface area contributed by atoms with Crippen molar-refractivity contribution in [2.75, 3.05) is 11.2 Å². The standard InChI is InChI=1S/C24H18ClN3O3S/c25-18-12-10-17(11-13-18)21(29)15-32-24-26-20-9-5-4-8-19(20)23(31)28(24)27-22(30)14-16-6-2-1-3-7-16/h1-13H,14-15H2,(H,27,30). The molecule has 0 spiro atoms. The van der Waals surface area contributed by atoms with Crippen LogP contribution in [-0.2, 0) is 11.2 Å². The molecule has 0 aliphatic carbocycles. The van der Waals surface area contributed by atoms with Gasteiger partial charge < -0.3 is 0 Å². The molecule has 160 valence electrons. The van der Waals surface area contributed by atoms with Crippen molar-refractivity contribution in [2.45, 2.75) is 11.6 Å². The Morgan fingerprint density at radius 1 is 0.938 bits per heavy atom. The van der Waals surface area contributed by atoms with Crippen molar-refractivity contribution in [3.05, 3.63) is 105 Å². The van der Waals surface area contributed by atoms with E-state index in [2.05, 4.69) is 10.4 Å². The number of hydrogen-bond acceptors (Lipinski definition) is 5. The second kappa shape index (κ2) is 9.80. The second-order valence-electron chi connectivity index (χ2n) is 6.97. The molecule has 0 fully saturated rings. The molecule has 0 aliphatic heterocycles. The van der Waals surface area contributed by atoms with E-state index in [1.54, 1.807) is 48.5 Å². The number of thioether (sulfide) groups is 1. The third-order valence-electron chi connectivity index (χ3n) is 4.69. The topological polar surface area (TPSA) is 81.1 Å². The van der Waals surface area contributed by atoms with Crippen LogP contribution >= 0.6 is 23.4 Å². The Bertz CT molecular complexity index is 1340. The van der Waals surface area contributed by atoms with Gasteiger partial charge in [-0.3, -0.25) is 19.8 Å². The van der Waals surface area contributed by atoms with Crippen LogP contribution in [0.5, 0.6) is 0 Å². The first kappa shape index (κ1) is 21.8. The van der Waals surface area contributed by atoms with Crippen molar-refractivity contribution in [1.82, 2.24) is 9.66 Å². The summed E-state index contributed by atoms with van der Waals surface area (Å²) in [6, 6.07) is 22.7. The fraction of sp³-hybridized carbons (Fsp3) is 0.0833. The Labute approximate surface area is 193 Å². The Hall–Kier alpha value is -3.42. The van der Waals surface area contributed by atoms with Gasteiger partial charge >= 0.3 is 0 Å². The fourth-order valence-electron chi connectivity index (χ4n) is 3.10. The predicted molar refractivity (Wildman–Crippen MR) is 127 cm³/mol. The first-order valence-corrected chi connectivity index (χ1v) is 11.1. The smallest absolute Gasteiger partial charge is 0.281 e. The number of nitrogens with one attached hydrogen (secondary N) is 1. The maximum absolute atomic E-state index is 13.1. The highest BCUT2D eigenvalue weighted by molar-refractivity contribution is 7.99. The molecule has 4 aromatic rings. The third kappa shape index (κ3) is 5.07. The number of aromatic nitrogens is 2. The van der Waals surface area contributed by atoms with Gasteiger partial charge in [-0.15, -0.1) is 0 Å². The number of amides is 1. The molecular formula is C24H18ClN3O3S. The van der Waals surface area contributed by atoms with Gasteiger partial charge in [-0.05, 0) is 42.0 Å². The van der Waals surface area contributed by atoms with Gasteiger partial charge in [0.25, 0.3) is 5.56 Å². The van der Waals surface area contributed by atoms with Gasteiger partial charge in [0, 0.05) is 10.6 Å². The summed E-state index contributed by atoms with van der Waals surface area (Å²) in [6.45, 7) is 0. The summed E-state index contributed by atoms with van der Waals surface area (Å²) in [5.74, 6) is -0.460. The van der Waals surface area contributed by atoms with Gasteiger partial charge in [0.2, 0.25) is 5.91 Å². The molecule has 32 heavy (non-hydrogen) atoms. The number of benzene rings is 3. The summed E-state index contributed by atoms with van der Waals surface area (Å²) < 4.78 is 1.12. The van der Waals surface area contributed by atoms with Crippen LogP contribution in [0.2, 0.25) is 5.02 Å². The molecule has 0 radical (unpaired) electrons. The van der Waals surface area contributed by atoms with Crippen LogP contribution in [0.15, 0.2) is 88.8 Å². The molecule has 1 amide bonds. The van der Waals surface area contributed by atoms with Crippen LogP contribution in [0, 0.1) is 0 Å². The van der Waals surface area contributed by atoms with E-state index >= 15 is 0 Å². The Balaban J connectivity index is 1.61. The highest BCUT2D eigenvalue weighted by atomic mass is 35.5. The minimum absolute atomic E-state index is 0.0426. The van der Waals surface area contributed by atoms with Crippen molar-refractivity contribution in [3.63, 3.8) is 0 Å². The number of ketones is 1. The van der Waals surface area contributed by atoms with Gasteiger partial charge in [-0.25, -0.2) is 4.98 Å². The Morgan fingerprint density at radius 3 is 2.38 bits per heavy atom. The SMILES string of the molecule is O=C(Cc1ccccc1)Nn1c(SCC(=O)c2ccc(Cl)cc2)nc2ccccc2c1=O. The average Bonchev–Trinajstić information content (AvgIpc) is 2.80. The molecule has 0 bridgehead atoms. The van der Waals surface area contributed by atoms with E-state index in [4.69, 9.17) is 11.6 Å². The van der Waals surface area contributed by atoms with Crippen LogP contribution in [0.3, 0.4) is 0 Å². The number of fused-ring (bicyclic) bond motifs is 1. The molecule has 0 saturated carbocycles. The molecule has 0 saturated heterocycles. The second-order valence-corrected chi connectivity index (χ2v) is 8.35. The first-order valence-electron chi connectivity index (χ1n) is 9.78. The lowest BCUT2D eigenvalue weighted by Crippen LogP contribution is -2.36. The van der Waals surface area contributed by atoms with Crippen molar-refractivity contribution < 1.29 is 9.59 Å². The molecular weight excluding hydrogens is 446 g/mol. The first-order chi connectivity index (χ1) is 15.5. The van der Waals surface area contributed by atoms with Gasteiger partial charge in [-0.2, -0.15) is 4.68 Å². The third-order valence-corrected chi connectivity index (χ3v) is 5.88. The van der Waals surface area contributed by atoms with Crippen LogP contribution < -0.4 is 11.0 Å². The highest BCUT2D eigenvalue weighted by Crippen LogP contribution is 2.19.